The number of nitro groups is 1. The Morgan fingerprint density at radius 1 is 1.56 bits per heavy atom. The molecule has 2 atom stereocenters. The molecule has 0 bridgehead atoms. The first kappa shape index (κ1) is 6.67. The van der Waals surface area contributed by atoms with Gasteiger partial charge in [0.15, 0.2) is 0 Å². The van der Waals surface area contributed by atoms with Crippen LogP contribution < -0.4 is 0 Å². The van der Waals surface area contributed by atoms with Crippen LogP contribution in [-0.4, -0.2) is 22.3 Å². The van der Waals surface area contributed by atoms with Crippen LogP contribution in [0, 0.1) is 10.1 Å². The van der Waals surface area contributed by atoms with Gasteiger partial charge in [-0.3, -0.25) is 10.1 Å². The third-order valence-electron chi connectivity index (χ3n) is 1.20. The van der Waals surface area contributed by atoms with Crippen molar-refractivity contribution in [1.29, 1.82) is 0 Å². The van der Waals surface area contributed by atoms with Crippen LogP contribution in [0.3, 0.4) is 0 Å². The zero-order chi connectivity index (χ0) is 7.23. The van der Waals surface area contributed by atoms with E-state index in [-0.39, 0.29) is 0 Å². The van der Waals surface area contributed by atoms with Gasteiger partial charge in [-0.2, -0.15) is 0 Å². The summed E-state index contributed by atoms with van der Waals surface area (Å²) in [5, 5.41) is 9.70. The molecule has 1 aliphatic carbocycles. The summed E-state index contributed by atoms with van der Waals surface area (Å²) in [5.74, 6) is 0. The van der Waals surface area contributed by atoms with Gasteiger partial charge in [0.2, 0.25) is 12.3 Å². The molecule has 1 saturated carbocycles. The Balaban J connectivity index is 2.71. The van der Waals surface area contributed by atoms with Crippen LogP contribution in [0.5, 0.6) is 0 Å². The van der Waals surface area contributed by atoms with Crippen molar-refractivity contribution in [2.45, 2.75) is 17.3 Å². The first-order valence-corrected chi connectivity index (χ1v) is 2.50. The van der Waals surface area contributed by atoms with Gasteiger partial charge in [-0.05, 0) is 11.6 Å². The summed E-state index contributed by atoms with van der Waals surface area (Å²) in [6.07, 6.45) is -4.29. The Hall–Kier alpha value is -0.450. The first-order chi connectivity index (χ1) is 4.01. The molecular weight excluding hydrogens is 155 g/mol. The van der Waals surface area contributed by atoms with Crippen molar-refractivity contribution in [3.63, 3.8) is 0 Å². The van der Waals surface area contributed by atoms with E-state index in [1.165, 1.54) is 0 Å². The minimum absolute atomic E-state index is 1.15. The molecule has 0 aromatic heterocycles. The van der Waals surface area contributed by atoms with E-state index in [1.807, 2.05) is 0 Å². The lowest BCUT2D eigenvalue weighted by atomic mass is 10.7. The summed E-state index contributed by atoms with van der Waals surface area (Å²) in [5.41, 5.74) is 0. The average molecular weight is 158 g/mol. The zero-order valence-corrected chi connectivity index (χ0v) is 4.81. The predicted molar refractivity (Wildman–Crippen MR) is 25.4 cm³/mol. The third kappa shape index (κ3) is 0.608. The number of alkyl halides is 3. The van der Waals surface area contributed by atoms with Gasteiger partial charge >= 0.3 is 5.00 Å². The maximum atomic E-state index is 11.9. The minimum Gasteiger partial charge on any atom is -0.262 e. The van der Waals surface area contributed by atoms with Gasteiger partial charge in [-0.1, -0.05) is 0 Å². The number of hydrogen-bond donors (Lipinski definition) is 0. The molecule has 0 saturated heterocycles. The molecule has 0 aliphatic heterocycles. The van der Waals surface area contributed by atoms with Crippen molar-refractivity contribution in [1.82, 2.24) is 0 Å². The van der Waals surface area contributed by atoms with Crippen LogP contribution in [-0.2, 0) is 0 Å². The number of nitrogens with zero attached hydrogens (tertiary/aromatic N) is 1. The highest BCUT2D eigenvalue weighted by atomic mass is 35.5. The molecule has 0 amide bonds. The lowest BCUT2D eigenvalue weighted by Gasteiger charge is -1.91. The lowest BCUT2D eigenvalue weighted by Crippen LogP contribution is -2.18. The number of rotatable bonds is 1. The van der Waals surface area contributed by atoms with Crippen LogP contribution in [0.4, 0.5) is 8.78 Å². The number of hydrogen-bond acceptors (Lipinski definition) is 2. The second-order valence-electron chi connectivity index (χ2n) is 1.79. The predicted octanol–water partition coefficient (Wildman–Crippen LogP) is 0.888. The van der Waals surface area contributed by atoms with Gasteiger partial charge in [-0.25, -0.2) is 8.78 Å². The van der Waals surface area contributed by atoms with E-state index in [9.17, 15) is 18.9 Å². The molecule has 3 nitrogen and oxygen atoms in total. The van der Waals surface area contributed by atoms with E-state index in [0.29, 0.717) is 0 Å². The molecule has 1 fully saturated rings. The topological polar surface area (TPSA) is 43.1 Å². The Labute approximate surface area is 53.8 Å². The Morgan fingerprint density at radius 3 is 1.89 bits per heavy atom. The Bertz CT molecular complexity index is 156. The quantitative estimate of drug-likeness (QED) is 0.246. The van der Waals surface area contributed by atoms with Crippen molar-refractivity contribution in [3.05, 3.63) is 10.1 Å². The highest BCUT2D eigenvalue weighted by molar-refractivity contribution is 6.26. The maximum Gasteiger partial charge on any atom is 0.362 e. The van der Waals surface area contributed by atoms with Crippen molar-refractivity contribution in [3.8, 4) is 0 Å². The first-order valence-electron chi connectivity index (χ1n) is 2.12. The average Bonchev–Trinajstić information content (AvgIpc) is 2.22. The second-order valence-corrected chi connectivity index (χ2v) is 2.39. The van der Waals surface area contributed by atoms with Gasteiger partial charge in [0.25, 0.3) is 0 Å². The van der Waals surface area contributed by atoms with Crippen LogP contribution in [0.1, 0.15) is 0 Å². The number of halogens is 3. The Kier molecular flexibility index (Phi) is 1.13. The standard InChI is InChI=1S/C3H2ClF2NO2/c4-3(7(8)9)1(5)2(3)6/h1-2H. The smallest absolute Gasteiger partial charge is 0.262 e. The summed E-state index contributed by atoms with van der Waals surface area (Å²) < 4.78 is 23.7. The molecular formula is C3H2ClF2NO2. The van der Waals surface area contributed by atoms with Gasteiger partial charge < -0.3 is 0 Å². The van der Waals surface area contributed by atoms with Crippen molar-refractivity contribution in [2.75, 3.05) is 0 Å². The SMILES string of the molecule is O=[N+]([O-])C1(Cl)C(F)C1F. The fraction of sp³-hybridized carbons (Fsp3) is 1.00. The molecule has 0 aromatic rings. The largest absolute Gasteiger partial charge is 0.362 e. The van der Waals surface area contributed by atoms with E-state index in [4.69, 9.17) is 11.6 Å². The summed E-state index contributed by atoms with van der Waals surface area (Å²) in [6, 6.07) is 0. The van der Waals surface area contributed by atoms with Crippen molar-refractivity contribution < 1.29 is 13.7 Å². The monoisotopic (exact) mass is 157 g/mol. The van der Waals surface area contributed by atoms with E-state index >= 15 is 0 Å². The molecule has 2 unspecified atom stereocenters. The fourth-order valence-corrected chi connectivity index (χ4v) is 0.629. The molecule has 9 heavy (non-hydrogen) atoms. The lowest BCUT2D eigenvalue weighted by molar-refractivity contribution is -0.518. The van der Waals surface area contributed by atoms with Gasteiger partial charge in [-0.15, -0.1) is 0 Å². The molecule has 0 radical (unpaired) electrons. The molecule has 0 N–H and O–H groups in total. The van der Waals surface area contributed by atoms with Crippen molar-refractivity contribution >= 4 is 11.6 Å². The summed E-state index contributed by atoms with van der Waals surface area (Å²) in [4.78, 5) is 6.08. The third-order valence-corrected chi connectivity index (χ3v) is 1.76. The summed E-state index contributed by atoms with van der Waals surface area (Å²) >= 11 is 4.83. The molecule has 1 aliphatic rings. The zero-order valence-electron chi connectivity index (χ0n) is 4.05. The molecule has 6 heteroatoms. The van der Waals surface area contributed by atoms with Crippen molar-refractivity contribution in [2.24, 2.45) is 0 Å². The van der Waals surface area contributed by atoms with Gasteiger partial charge in [0.1, 0.15) is 0 Å². The molecule has 0 heterocycles. The summed E-state index contributed by atoms with van der Waals surface area (Å²) in [7, 11) is 0. The summed E-state index contributed by atoms with van der Waals surface area (Å²) in [6.45, 7) is 0. The molecule has 0 spiro atoms. The van der Waals surface area contributed by atoms with Crippen LogP contribution in [0.2, 0.25) is 0 Å². The van der Waals surface area contributed by atoms with Crippen LogP contribution >= 0.6 is 11.6 Å². The van der Waals surface area contributed by atoms with Gasteiger partial charge in [0, 0.05) is 4.92 Å². The Morgan fingerprint density at radius 2 is 1.89 bits per heavy atom. The van der Waals surface area contributed by atoms with E-state index < -0.39 is 22.3 Å². The second kappa shape index (κ2) is 1.53. The van der Waals surface area contributed by atoms with E-state index in [0.717, 1.165) is 0 Å². The van der Waals surface area contributed by atoms with Crippen LogP contribution in [0.25, 0.3) is 0 Å². The highest BCUT2D eigenvalue weighted by Gasteiger charge is 2.79. The minimum atomic E-state index is -2.47. The van der Waals surface area contributed by atoms with E-state index in [1.54, 1.807) is 0 Å². The molecule has 0 aromatic carbocycles. The van der Waals surface area contributed by atoms with Gasteiger partial charge in [0.05, 0.1) is 0 Å². The normalized spacial score (nSPS) is 48.8. The maximum absolute atomic E-state index is 11.9. The van der Waals surface area contributed by atoms with Crippen LogP contribution in [0.15, 0.2) is 0 Å². The van der Waals surface area contributed by atoms with E-state index in [2.05, 4.69) is 0 Å². The highest BCUT2D eigenvalue weighted by Crippen LogP contribution is 2.48. The molecule has 52 valence electrons. The fourth-order valence-electron chi connectivity index (χ4n) is 0.471. The molecule has 1 rings (SSSR count).